The largest absolute Gasteiger partial charge is 0.461 e. The maximum Gasteiger partial charge on any atom is 0.342 e. The Kier molecular flexibility index (Phi) is 15.3. The highest BCUT2D eigenvalue weighted by molar-refractivity contribution is 5.92. The van der Waals surface area contributed by atoms with Gasteiger partial charge in [0.1, 0.15) is 24.4 Å². The zero-order chi connectivity index (χ0) is 43.4. The predicted molar refractivity (Wildman–Crippen MR) is 223 cm³/mol. The quantitative estimate of drug-likeness (QED) is 0.0395. The van der Waals surface area contributed by atoms with Gasteiger partial charge in [-0.25, -0.2) is 4.79 Å². The molecule has 15 heteroatoms. The molecule has 15 nitrogen and oxygen atoms in total. The zero-order valence-corrected chi connectivity index (χ0v) is 33.8. The number of nitro groups is 2. The topological polar surface area (TPSA) is 199 Å². The van der Waals surface area contributed by atoms with E-state index in [0.29, 0.717) is 27.7 Å². The number of nitro benzene ring substituents is 2. The normalized spacial score (nSPS) is 11.6. The molecule has 0 aliphatic rings. The molecule has 308 valence electrons. The molecule has 0 amide bonds. The van der Waals surface area contributed by atoms with Crippen LogP contribution in [0.5, 0.6) is 0 Å². The van der Waals surface area contributed by atoms with Gasteiger partial charge in [0, 0.05) is 57.1 Å². The van der Waals surface area contributed by atoms with Gasteiger partial charge in [-0.1, -0.05) is 48.5 Å². The second-order valence-electron chi connectivity index (χ2n) is 13.2. The second-order valence-corrected chi connectivity index (χ2v) is 13.2. The first-order valence-corrected chi connectivity index (χ1v) is 18.7. The zero-order valence-electron chi connectivity index (χ0n) is 33.8. The number of esters is 3. The van der Waals surface area contributed by atoms with Gasteiger partial charge < -0.3 is 23.5 Å². The van der Waals surface area contributed by atoms with Crippen molar-refractivity contribution in [1.29, 1.82) is 0 Å². The Morgan fingerprint density at radius 1 is 0.678 bits per heavy atom. The van der Waals surface area contributed by atoms with Gasteiger partial charge in [-0.15, -0.1) is 0 Å². The van der Waals surface area contributed by atoms with E-state index in [1.165, 1.54) is 26.8 Å². The van der Waals surface area contributed by atoms with Crippen molar-refractivity contribution in [3.05, 3.63) is 144 Å². The number of ether oxygens (including phenoxy) is 3. The highest BCUT2D eigenvalue weighted by Crippen LogP contribution is 2.35. The minimum Gasteiger partial charge on any atom is -0.461 e. The lowest BCUT2D eigenvalue weighted by Crippen LogP contribution is -2.21. The van der Waals surface area contributed by atoms with Crippen LogP contribution in [0.2, 0.25) is 0 Å². The van der Waals surface area contributed by atoms with Gasteiger partial charge in [0.05, 0.1) is 31.9 Å². The molecule has 6 rings (SSSR count). The average molecular weight is 808 g/mol. The Labute approximate surface area is 339 Å². The van der Waals surface area contributed by atoms with E-state index in [4.69, 9.17) is 18.6 Å². The van der Waals surface area contributed by atoms with E-state index >= 15 is 0 Å². The van der Waals surface area contributed by atoms with Crippen molar-refractivity contribution < 1.29 is 42.9 Å². The summed E-state index contributed by atoms with van der Waals surface area (Å²) in [6.45, 7) is 13.0. The van der Waals surface area contributed by atoms with Gasteiger partial charge in [-0.2, -0.15) is 0 Å². The number of nitrogens with zero attached hydrogens (tertiary/aromatic N) is 3. The maximum atomic E-state index is 11.9. The summed E-state index contributed by atoms with van der Waals surface area (Å²) >= 11 is 0. The molecule has 6 aromatic rings. The van der Waals surface area contributed by atoms with E-state index < -0.39 is 45.6 Å². The van der Waals surface area contributed by atoms with E-state index in [9.17, 15) is 39.4 Å². The minimum atomic E-state index is -0.650. The third kappa shape index (κ3) is 11.7. The summed E-state index contributed by atoms with van der Waals surface area (Å²) in [7, 11) is 0. The minimum absolute atomic E-state index is 0.00755. The van der Waals surface area contributed by atoms with Crippen LogP contribution in [-0.2, 0) is 35.2 Å². The van der Waals surface area contributed by atoms with Crippen LogP contribution < -0.4 is 10.5 Å². The molecule has 0 spiro atoms. The first-order chi connectivity index (χ1) is 28.0. The Balaban J connectivity index is 0.000000196. The van der Waals surface area contributed by atoms with E-state index in [1.807, 2.05) is 54.6 Å². The second kappa shape index (κ2) is 20.3. The number of hydrogen-bond donors (Lipinski definition) is 0. The van der Waals surface area contributed by atoms with Crippen molar-refractivity contribution in [2.45, 2.75) is 67.3 Å². The number of fused-ring (bicyclic) bond motifs is 3. The average Bonchev–Trinajstić information content (AvgIpc) is 3.19. The predicted octanol–water partition coefficient (Wildman–Crippen LogP) is 9.45. The summed E-state index contributed by atoms with van der Waals surface area (Å²) in [6, 6.07) is 28.5. The third-order valence-corrected chi connectivity index (χ3v) is 9.12. The lowest BCUT2D eigenvalue weighted by molar-refractivity contribution is -0.386. The molecule has 0 aliphatic carbocycles. The summed E-state index contributed by atoms with van der Waals surface area (Å²) in [4.78, 5) is 68.4. The van der Waals surface area contributed by atoms with E-state index in [2.05, 4.69) is 18.7 Å². The lowest BCUT2D eigenvalue weighted by Gasteiger charge is -2.21. The molecular formula is C44H45N3O12. The first-order valence-electron chi connectivity index (χ1n) is 18.7. The first kappa shape index (κ1) is 44.6. The molecule has 0 bridgehead atoms. The van der Waals surface area contributed by atoms with Gasteiger partial charge in [-0.05, 0) is 80.3 Å². The van der Waals surface area contributed by atoms with Gasteiger partial charge in [0.15, 0.2) is 0 Å². The van der Waals surface area contributed by atoms with Crippen molar-refractivity contribution in [2.75, 3.05) is 18.0 Å². The molecule has 1 heterocycles. The summed E-state index contributed by atoms with van der Waals surface area (Å²) in [5.41, 5.74) is 2.19. The monoisotopic (exact) mass is 807 g/mol. The Bertz CT molecular complexity index is 2540. The van der Waals surface area contributed by atoms with Crippen LogP contribution in [0.1, 0.15) is 77.4 Å². The molecule has 5 aromatic carbocycles. The standard InChI is InChI=1S/C16H19NO4.2C14H13NO4/c1-4-17(5-2)14-7-6-12-8-13(10-20-11(3)18)16(19)21-15(12)9-14;1-9(19-10(2)16)13-7-11-5-3-4-6-12(11)8-14(13)15(17)18;1-9(19-10(2)16)12-8-7-11-5-3-4-6-13(11)14(12)15(17)18/h6-9H,4-5,10H2,1-3H3;2*3-9H,1-2H3. The van der Waals surface area contributed by atoms with Gasteiger partial charge in [-0.3, -0.25) is 34.6 Å². The number of benzene rings is 5. The van der Waals surface area contributed by atoms with Gasteiger partial charge in [0.25, 0.3) is 11.4 Å². The smallest absolute Gasteiger partial charge is 0.342 e. The number of hydrogen-bond acceptors (Lipinski definition) is 13. The van der Waals surface area contributed by atoms with Gasteiger partial charge in [0.2, 0.25) is 0 Å². The molecule has 0 aliphatic heterocycles. The van der Waals surface area contributed by atoms with E-state index in [-0.39, 0.29) is 18.0 Å². The van der Waals surface area contributed by atoms with Crippen LogP contribution in [0.4, 0.5) is 17.1 Å². The van der Waals surface area contributed by atoms with Crippen LogP contribution >= 0.6 is 0 Å². The van der Waals surface area contributed by atoms with Crippen LogP contribution in [0.25, 0.3) is 32.5 Å². The SMILES string of the molecule is CC(=O)OC(C)c1cc2ccccc2cc1[N+](=O)[O-].CC(=O)OC(C)c1ccc2ccccc2c1[N+](=O)[O-].CCN(CC)c1ccc2cc(COC(C)=O)c(=O)oc2c1. The van der Waals surface area contributed by atoms with E-state index in [0.717, 1.165) is 40.3 Å². The molecule has 0 saturated heterocycles. The summed E-state index contributed by atoms with van der Waals surface area (Å²) in [5, 5.41) is 26.2. The highest BCUT2D eigenvalue weighted by Gasteiger charge is 2.24. The number of carbonyl (C=O) groups excluding carboxylic acids is 3. The molecule has 0 radical (unpaired) electrons. The van der Waals surface area contributed by atoms with Crippen molar-refractivity contribution in [1.82, 2.24) is 0 Å². The van der Waals surface area contributed by atoms with Crippen LogP contribution in [-0.4, -0.2) is 40.8 Å². The van der Waals surface area contributed by atoms with Gasteiger partial charge >= 0.3 is 23.5 Å². The fourth-order valence-corrected chi connectivity index (χ4v) is 6.37. The fourth-order valence-electron chi connectivity index (χ4n) is 6.37. The maximum absolute atomic E-state index is 11.9. The molecule has 0 fully saturated rings. The van der Waals surface area contributed by atoms with Crippen LogP contribution in [0.15, 0.2) is 106 Å². The highest BCUT2D eigenvalue weighted by atomic mass is 16.6. The number of rotatable bonds is 11. The lowest BCUT2D eigenvalue weighted by atomic mass is 10.0. The summed E-state index contributed by atoms with van der Waals surface area (Å²) in [6.07, 6.45) is -1.30. The fraction of sp³-hybridized carbons (Fsp3) is 0.273. The van der Waals surface area contributed by atoms with Crippen LogP contribution in [0, 0.1) is 20.2 Å². The van der Waals surface area contributed by atoms with Crippen molar-refractivity contribution >= 4 is 67.5 Å². The van der Waals surface area contributed by atoms with Crippen molar-refractivity contribution in [3.8, 4) is 0 Å². The molecule has 0 N–H and O–H groups in total. The summed E-state index contributed by atoms with van der Waals surface area (Å²) < 4.78 is 20.2. The molecule has 2 atom stereocenters. The van der Waals surface area contributed by atoms with E-state index in [1.54, 1.807) is 50.2 Å². The van der Waals surface area contributed by atoms with Crippen LogP contribution in [0.3, 0.4) is 0 Å². The molecule has 2 unspecified atom stereocenters. The molecular weight excluding hydrogens is 762 g/mol. The Hall–Kier alpha value is -7.16. The van der Waals surface area contributed by atoms with Crippen molar-refractivity contribution in [3.63, 3.8) is 0 Å². The van der Waals surface area contributed by atoms with Crippen molar-refractivity contribution in [2.24, 2.45) is 0 Å². The molecule has 59 heavy (non-hydrogen) atoms. The number of anilines is 1. The third-order valence-electron chi connectivity index (χ3n) is 9.12. The molecule has 0 saturated carbocycles. The summed E-state index contributed by atoms with van der Waals surface area (Å²) in [5.74, 6) is -1.35. The molecule has 1 aromatic heterocycles. The Morgan fingerprint density at radius 2 is 1.24 bits per heavy atom. The number of carbonyl (C=O) groups is 3. The Morgan fingerprint density at radius 3 is 1.80 bits per heavy atom.